The number of hydrogen-bond acceptors (Lipinski definition) is 3. The van der Waals surface area contributed by atoms with Crippen LogP contribution in [0.15, 0.2) is 47.5 Å². The Hall–Kier alpha value is -2.82. The number of nitrogens with zero attached hydrogens (tertiary/aromatic N) is 3. The predicted octanol–water partition coefficient (Wildman–Crippen LogP) is 3.00. The highest BCUT2D eigenvalue weighted by atomic mass is 16.5. The Morgan fingerprint density at radius 3 is 2.67 bits per heavy atom. The number of aromatic nitrogens is 2. The maximum atomic E-state index is 12.9. The van der Waals surface area contributed by atoms with Crippen LogP contribution in [0.4, 0.5) is 0 Å². The van der Waals surface area contributed by atoms with Crippen LogP contribution in [-0.4, -0.2) is 24.0 Å². The van der Waals surface area contributed by atoms with Crippen molar-refractivity contribution in [2.24, 2.45) is 4.99 Å². The molecule has 4 rings (SSSR count). The fourth-order valence-corrected chi connectivity index (χ4v) is 3.28. The monoisotopic (exact) mass is 321 g/mol. The van der Waals surface area contributed by atoms with Crippen LogP contribution in [0.25, 0.3) is 10.9 Å². The molecule has 24 heavy (non-hydrogen) atoms. The molecule has 0 aliphatic carbocycles. The van der Waals surface area contributed by atoms with Crippen molar-refractivity contribution < 1.29 is 9.58 Å². The van der Waals surface area contributed by atoms with Gasteiger partial charge in [0.25, 0.3) is 5.52 Å². The van der Waals surface area contributed by atoms with Crippen LogP contribution in [0.2, 0.25) is 0 Å². The Bertz CT molecular complexity index is 955. The number of aryl methyl sites for hydroxylation is 1. The summed E-state index contributed by atoms with van der Waals surface area (Å²) in [6.07, 6.45) is 0. The van der Waals surface area contributed by atoms with Crippen molar-refractivity contribution in [2.75, 3.05) is 13.7 Å². The average molecular weight is 321 g/mol. The molecule has 0 spiro atoms. The summed E-state index contributed by atoms with van der Waals surface area (Å²) >= 11 is 0. The van der Waals surface area contributed by atoms with Crippen molar-refractivity contribution in [3.8, 4) is 5.75 Å². The Morgan fingerprint density at radius 2 is 1.96 bits per heavy atom. The van der Waals surface area contributed by atoms with Crippen LogP contribution in [0.3, 0.4) is 0 Å². The molecule has 0 saturated carbocycles. The Kier molecular flexibility index (Phi) is 3.30. The van der Waals surface area contributed by atoms with E-state index in [2.05, 4.69) is 31.2 Å². The lowest BCUT2D eigenvalue weighted by molar-refractivity contribution is -0.673. The van der Waals surface area contributed by atoms with Gasteiger partial charge >= 0.3 is 0 Å². The van der Waals surface area contributed by atoms with Crippen molar-refractivity contribution >= 4 is 16.6 Å². The molecule has 5 nitrogen and oxygen atoms in total. The van der Waals surface area contributed by atoms with Crippen molar-refractivity contribution in [1.29, 1.82) is 0 Å². The molecule has 1 aliphatic rings. The van der Waals surface area contributed by atoms with Gasteiger partial charge in [-0.3, -0.25) is 4.99 Å². The lowest BCUT2D eigenvalue weighted by Gasteiger charge is -2.20. The fraction of sp³-hybridized carbons (Fsp3) is 0.263. The SMILES string of the molecule is COc1ccc2c3n([n+]([O-])c2c1)C(C)CN=C3c1ccc(C)cc1. The van der Waals surface area contributed by atoms with Crippen LogP contribution < -0.4 is 9.58 Å². The minimum absolute atomic E-state index is 0.0186. The molecule has 0 N–H and O–H groups in total. The van der Waals surface area contributed by atoms with Gasteiger partial charge in [-0.25, -0.2) is 0 Å². The van der Waals surface area contributed by atoms with Gasteiger partial charge in [0, 0.05) is 5.56 Å². The zero-order valence-corrected chi connectivity index (χ0v) is 14.0. The molecule has 0 fully saturated rings. The summed E-state index contributed by atoms with van der Waals surface area (Å²) in [6, 6.07) is 13.9. The highest BCUT2D eigenvalue weighted by Crippen LogP contribution is 2.29. The zero-order valence-electron chi connectivity index (χ0n) is 14.0. The third-order valence-corrected chi connectivity index (χ3v) is 4.57. The van der Waals surface area contributed by atoms with E-state index in [9.17, 15) is 5.21 Å². The number of aliphatic imine (C=N–C) groups is 1. The topological polar surface area (TPSA) is 53.5 Å². The Labute approximate surface area is 140 Å². The smallest absolute Gasteiger partial charge is 0.255 e. The second-order valence-electron chi connectivity index (χ2n) is 6.25. The van der Waals surface area contributed by atoms with Gasteiger partial charge in [-0.15, -0.1) is 4.68 Å². The second kappa shape index (κ2) is 5.37. The van der Waals surface area contributed by atoms with Crippen LogP contribution >= 0.6 is 0 Å². The molecule has 2 heterocycles. The maximum Gasteiger partial charge on any atom is 0.255 e. The number of fused-ring (bicyclic) bond motifs is 3. The van der Waals surface area contributed by atoms with Gasteiger partial charge in [-0.1, -0.05) is 34.7 Å². The summed E-state index contributed by atoms with van der Waals surface area (Å²) < 4.78 is 7.07. The quantitative estimate of drug-likeness (QED) is 0.538. The molecular weight excluding hydrogens is 302 g/mol. The van der Waals surface area contributed by atoms with Gasteiger partial charge in [-0.2, -0.15) is 0 Å². The molecule has 3 aromatic rings. The van der Waals surface area contributed by atoms with Crippen molar-refractivity contribution in [2.45, 2.75) is 19.9 Å². The van der Waals surface area contributed by atoms with Gasteiger partial charge in [0.1, 0.15) is 17.5 Å². The molecule has 0 amide bonds. The molecule has 1 atom stereocenters. The summed E-state index contributed by atoms with van der Waals surface area (Å²) in [5, 5.41) is 13.8. The number of rotatable bonds is 2. The third kappa shape index (κ3) is 2.08. The summed E-state index contributed by atoms with van der Waals surface area (Å²) in [7, 11) is 1.61. The lowest BCUT2D eigenvalue weighted by Crippen LogP contribution is -2.43. The minimum Gasteiger partial charge on any atom is -0.595 e. The van der Waals surface area contributed by atoms with E-state index >= 15 is 0 Å². The van der Waals surface area contributed by atoms with E-state index < -0.39 is 0 Å². The average Bonchev–Trinajstić information content (AvgIpc) is 2.90. The standard InChI is InChI=1S/C19H19N3O2/c1-12-4-6-14(7-5-12)18-19-16-9-8-15(24-3)10-17(16)22(23)21(19)13(2)11-20-18/h4-10,13H,11H2,1-3H3. The Balaban J connectivity index is 2.00. The fourth-order valence-electron chi connectivity index (χ4n) is 3.28. The number of methoxy groups -OCH3 is 1. The molecule has 5 heteroatoms. The van der Waals surface area contributed by atoms with E-state index in [1.807, 2.05) is 19.1 Å². The lowest BCUT2D eigenvalue weighted by atomic mass is 10.0. The first-order valence-corrected chi connectivity index (χ1v) is 8.04. The summed E-state index contributed by atoms with van der Waals surface area (Å²) in [5.74, 6) is 0.677. The van der Waals surface area contributed by atoms with Crippen LogP contribution in [0.5, 0.6) is 5.75 Å². The molecule has 1 unspecified atom stereocenters. The van der Waals surface area contributed by atoms with Crippen LogP contribution in [0.1, 0.15) is 29.8 Å². The maximum absolute atomic E-state index is 12.9. The third-order valence-electron chi connectivity index (χ3n) is 4.57. The van der Waals surface area contributed by atoms with E-state index in [-0.39, 0.29) is 6.04 Å². The minimum atomic E-state index is 0.0186. The zero-order chi connectivity index (χ0) is 16.8. The van der Waals surface area contributed by atoms with Gasteiger partial charge < -0.3 is 9.94 Å². The first kappa shape index (κ1) is 14.8. The van der Waals surface area contributed by atoms with E-state index in [0.717, 1.165) is 27.2 Å². The summed E-state index contributed by atoms with van der Waals surface area (Å²) in [5.41, 5.74) is 4.60. The Morgan fingerprint density at radius 1 is 1.21 bits per heavy atom. The van der Waals surface area contributed by atoms with E-state index in [0.29, 0.717) is 17.8 Å². The molecule has 122 valence electrons. The molecule has 0 saturated heterocycles. The normalized spacial score (nSPS) is 16.8. The van der Waals surface area contributed by atoms with Crippen molar-refractivity contribution in [1.82, 2.24) is 4.68 Å². The van der Waals surface area contributed by atoms with Gasteiger partial charge in [0.05, 0.1) is 30.8 Å². The number of benzene rings is 2. The number of hydrogen-bond donors (Lipinski definition) is 0. The van der Waals surface area contributed by atoms with Gasteiger partial charge in [-0.05, 0) is 26.0 Å². The summed E-state index contributed by atoms with van der Waals surface area (Å²) in [6.45, 7) is 4.67. The van der Waals surface area contributed by atoms with Crippen molar-refractivity contribution in [3.05, 3.63) is 64.5 Å². The van der Waals surface area contributed by atoms with Gasteiger partial charge in [0.15, 0.2) is 0 Å². The molecule has 0 radical (unpaired) electrons. The van der Waals surface area contributed by atoms with Crippen LogP contribution in [0, 0.1) is 12.1 Å². The largest absolute Gasteiger partial charge is 0.595 e. The van der Waals surface area contributed by atoms with E-state index in [1.54, 1.807) is 17.9 Å². The highest BCUT2D eigenvalue weighted by molar-refractivity contribution is 6.18. The molecule has 1 aliphatic heterocycles. The first-order chi connectivity index (χ1) is 11.6. The molecule has 1 aromatic heterocycles. The number of ether oxygens (including phenoxy) is 1. The van der Waals surface area contributed by atoms with Crippen molar-refractivity contribution in [3.63, 3.8) is 0 Å². The van der Waals surface area contributed by atoms with E-state index in [4.69, 9.17) is 9.73 Å². The van der Waals surface area contributed by atoms with E-state index in [1.165, 1.54) is 5.56 Å². The summed E-state index contributed by atoms with van der Waals surface area (Å²) in [4.78, 5) is 5.74. The molecular formula is C19H19N3O2. The predicted molar refractivity (Wildman–Crippen MR) is 93.8 cm³/mol. The highest BCUT2D eigenvalue weighted by Gasteiger charge is 2.31. The first-order valence-electron chi connectivity index (χ1n) is 8.04. The molecule has 2 aromatic carbocycles. The molecule has 0 bridgehead atoms. The van der Waals surface area contributed by atoms with Gasteiger partial charge in [0.2, 0.25) is 0 Å². The second-order valence-corrected chi connectivity index (χ2v) is 6.25. The van der Waals surface area contributed by atoms with Crippen LogP contribution in [-0.2, 0) is 0 Å².